The van der Waals surface area contributed by atoms with Crippen LogP contribution in [0.2, 0.25) is 0 Å². The minimum atomic E-state index is -0.130. The summed E-state index contributed by atoms with van der Waals surface area (Å²) in [5.41, 5.74) is 6.61. The molecular formula is C15H25N3O3. The van der Waals surface area contributed by atoms with Crippen LogP contribution in [0.5, 0.6) is 17.2 Å². The fourth-order valence-electron chi connectivity index (χ4n) is 1.88. The second kappa shape index (κ2) is 7.06. The molecule has 1 aromatic rings. The quantitative estimate of drug-likeness (QED) is 0.641. The van der Waals surface area contributed by atoms with Gasteiger partial charge in [-0.15, -0.1) is 0 Å². The van der Waals surface area contributed by atoms with Gasteiger partial charge in [-0.25, -0.2) is 4.99 Å². The highest BCUT2D eigenvalue weighted by molar-refractivity contribution is 5.78. The number of benzene rings is 1. The molecule has 0 heterocycles. The molecule has 0 saturated carbocycles. The lowest BCUT2D eigenvalue weighted by molar-refractivity contribution is 0.322. The molecular weight excluding hydrogens is 270 g/mol. The van der Waals surface area contributed by atoms with Gasteiger partial charge >= 0.3 is 0 Å². The van der Waals surface area contributed by atoms with Gasteiger partial charge in [0.05, 0.1) is 27.9 Å². The maximum atomic E-state index is 5.87. The zero-order valence-electron chi connectivity index (χ0n) is 13.6. The van der Waals surface area contributed by atoms with Gasteiger partial charge in [0, 0.05) is 11.1 Å². The van der Waals surface area contributed by atoms with Crippen molar-refractivity contribution < 1.29 is 14.2 Å². The molecule has 0 amide bonds. The van der Waals surface area contributed by atoms with Crippen LogP contribution in [0.25, 0.3) is 0 Å². The van der Waals surface area contributed by atoms with Crippen LogP contribution < -0.4 is 25.3 Å². The second-order valence-electron chi connectivity index (χ2n) is 5.57. The van der Waals surface area contributed by atoms with E-state index < -0.39 is 0 Å². The van der Waals surface area contributed by atoms with Crippen molar-refractivity contribution in [1.29, 1.82) is 0 Å². The predicted molar refractivity (Wildman–Crippen MR) is 84.3 cm³/mol. The van der Waals surface area contributed by atoms with Crippen molar-refractivity contribution in [2.75, 3.05) is 21.3 Å². The van der Waals surface area contributed by atoms with Gasteiger partial charge in [-0.2, -0.15) is 0 Å². The topological polar surface area (TPSA) is 78.1 Å². The summed E-state index contributed by atoms with van der Waals surface area (Å²) in [6, 6.07) is 3.70. The molecule has 0 radical (unpaired) electrons. The Balaban J connectivity index is 3.01. The normalized spacial score (nSPS) is 12.0. The summed E-state index contributed by atoms with van der Waals surface area (Å²) < 4.78 is 16.0. The molecule has 0 spiro atoms. The van der Waals surface area contributed by atoms with Crippen LogP contribution in [0.4, 0.5) is 0 Å². The maximum absolute atomic E-state index is 5.87. The molecule has 3 N–H and O–H groups in total. The summed E-state index contributed by atoms with van der Waals surface area (Å²) in [6.07, 6.45) is 0. The van der Waals surface area contributed by atoms with E-state index in [0.717, 1.165) is 5.56 Å². The molecule has 0 aromatic heterocycles. The van der Waals surface area contributed by atoms with E-state index >= 15 is 0 Å². The standard InChI is InChI=1S/C15H25N3O3/c1-15(2,3)18-14(16)17-9-10-7-8-11(19-4)13(21-6)12(10)20-5/h7-8H,9H2,1-6H3,(H3,16,17,18). The van der Waals surface area contributed by atoms with Gasteiger partial charge < -0.3 is 25.3 Å². The van der Waals surface area contributed by atoms with E-state index in [1.165, 1.54) is 0 Å². The third kappa shape index (κ3) is 4.73. The summed E-state index contributed by atoms with van der Waals surface area (Å²) in [7, 11) is 4.74. The van der Waals surface area contributed by atoms with Crippen molar-refractivity contribution in [3.63, 3.8) is 0 Å². The second-order valence-corrected chi connectivity index (χ2v) is 5.57. The molecule has 0 unspecified atom stereocenters. The summed E-state index contributed by atoms with van der Waals surface area (Å²) in [5.74, 6) is 2.15. The van der Waals surface area contributed by atoms with Crippen molar-refractivity contribution >= 4 is 5.96 Å². The van der Waals surface area contributed by atoms with Crippen molar-refractivity contribution in [3.8, 4) is 17.2 Å². The highest BCUT2D eigenvalue weighted by Gasteiger charge is 2.16. The molecule has 0 saturated heterocycles. The van der Waals surface area contributed by atoms with Crippen LogP contribution in [0.3, 0.4) is 0 Å². The van der Waals surface area contributed by atoms with Crippen LogP contribution in [0, 0.1) is 0 Å². The van der Waals surface area contributed by atoms with Gasteiger partial charge in [-0.1, -0.05) is 0 Å². The zero-order chi connectivity index (χ0) is 16.0. The Bertz CT molecular complexity index is 508. The Morgan fingerprint density at radius 3 is 2.19 bits per heavy atom. The molecule has 1 rings (SSSR count). The van der Waals surface area contributed by atoms with E-state index in [9.17, 15) is 0 Å². The predicted octanol–water partition coefficient (Wildman–Crippen LogP) is 1.92. The van der Waals surface area contributed by atoms with Crippen molar-refractivity contribution in [2.24, 2.45) is 10.7 Å². The molecule has 1 aromatic carbocycles. The monoisotopic (exact) mass is 295 g/mol. The maximum Gasteiger partial charge on any atom is 0.203 e. The average molecular weight is 295 g/mol. The van der Waals surface area contributed by atoms with Crippen molar-refractivity contribution in [3.05, 3.63) is 17.7 Å². The lowest BCUT2D eigenvalue weighted by Crippen LogP contribution is -2.44. The Morgan fingerprint density at radius 2 is 1.71 bits per heavy atom. The number of hydrogen-bond acceptors (Lipinski definition) is 4. The molecule has 6 heteroatoms. The van der Waals surface area contributed by atoms with Gasteiger partial charge in [0.15, 0.2) is 17.5 Å². The fourth-order valence-corrected chi connectivity index (χ4v) is 1.88. The van der Waals surface area contributed by atoms with Gasteiger partial charge in [-0.3, -0.25) is 0 Å². The average Bonchev–Trinajstić information content (AvgIpc) is 2.41. The smallest absolute Gasteiger partial charge is 0.203 e. The Kier molecular flexibility index (Phi) is 5.69. The Hall–Kier alpha value is -2.11. The molecule has 118 valence electrons. The number of methoxy groups -OCH3 is 3. The molecule has 0 atom stereocenters. The van der Waals surface area contributed by atoms with E-state index in [4.69, 9.17) is 19.9 Å². The van der Waals surface area contributed by atoms with Crippen LogP contribution >= 0.6 is 0 Å². The Labute approximate surface area is 126 Å². The first-order chi connectivity index (χ1) is 9.82. The molecule has 0 aliphatic carbocycles. The van der Waals surface area contributed by atoms with Crippen LogP contribution in [-0.2, 0) is 6.54 Å². The first kappa shape index (κ1) is 16.9. The van der Waals surface area contributed by atoms with E-state index in [0.29, 0.717) is 29.8 Å². The summed E-state index contributed by atoms with van der Waals surface area (Å²) in [6.45, 7) is 6.45. The summed E-state index contributed by atoms with van der Waals surface area (Å²) >= 11 is 0. The molecule has 0 aliphatic heterocycles. The van der Waals surface area contributed by atoms with E-state index in [2.05, 4.69) is 10.3 Å². The molecule has 0 fully saturated rings. The van der Waals surface area contributed by atoms with Crippen molar-refractivity contribution in [1.82, 2.24) is 5.32 Å². The number of nitrogens with one attached hydrogen (secondary N) is 1. The van der Waals surface area contributed by atoms with Gasteiger partial charge in [0.1, 0.15) is 0 Å². The lowest BCUT2D eigenvalue weighted by atomic mass is 10.1. The third-order valence-corrected chi connectivity index (χ3v) is 2.71. The highest BCUT2D eigenvalue weighted by atomic mass is 16.5. The van der Waals surface area contributed by atoms with Gasteiger partial charge in [0.2, 0.25) is 5.75 Å². The number of rotatable bonds is 5. The number of nitrogens with two attached hydrogens (primary N) is 1. The minimum Gasteiger partial charge on any atom is -0.493 e. The number of guanidine groups is 1. The number of hydrogen-bond donors (Lipinski definition) is 2. The van der Waals surface area contributed by atoms with Crippen molar-refractivity contribution in [2.45, 2.75) is 32.9 Å². The largest absolute Gasteiger partial charge is 0.493 e. The van der Waals surface area contributed by atoms with Crippen LogP contribution in [0.15, 0.2) is 17.1 Å². The van der Waals surface area contributed by atoms with Gasteiger partial charge in [-0.05, 0) is 32.9 Å². The van der Waals surface area contributed by atoms with Gasteiger partial charge in [0.25, 0.3) is 0 Å². The summed E-state index contributed by atoms with van der Waals surface area (Å²) in [4.78, 5) is 4.33. The molecule has 6 nitrogen and oxygen atoms in total. The third-order valence-electron chi connectivity index (χ3n) is 2.71. The molecule has 21 heavy (non-hydrogen) atoms. The molecule has 0 aliphatic rings. The number of ether oxygens (including phenoxy) is 3. The Morgan fingerprint density at radius 1 is 1.10 bits per heavy atom. The summed E-state index contributed by atoms with van der Waals surface area (Å²) in [5, 5.41) is 3.11. The van der Waals surface area contributed by atoms with E-state index in [1.807, 2.05) is 32.9 Å². The van der Waals surface area contributed by atoms with E-state index in [-0.39, 0.29) is 5.54 Å². The zero-order valence-corrected chi connectivity index (χ0v) is 13.6. The minimum absolute atomic E-state index is 0.130. The SMILES string of the molecule is COc1ccc(CN=C(N)NC(C)(C)C)c(OC)c1OC. The number of nitrogens with zero attached hydrogens (tertiary/aromatic N) is 1. The van der Waals surface area contributed by atoms with Crippen LogP contribution in [0.1, 0.15) is 26.3 Å². The first-order valence-corrected chi connectivity index (χ1v) is 6.68. The number of aliphatic imine (C=N–C) groups is 1. The molecule has 0 bridgehead atoms. The fraction of sp³-hybridized carbons (Fsp3) is 0.533. The lowest BCUT2D eigenvalue weighted by Gasteiger charge is -2.21. The van der Waals surface area contributed by atoms with E-state index in [1.54, 1.807) is 21.3 Å². The first-order valence-electron chi connectivity index (χ1n) is 6.68. The van der Waals surface area contributed by atoms with Crippen LogP contribution in [-0.4, -0.2) is 32.8 Å². The highest BCUT2D eigenvalue weighted by Crippen LogP contribution is 2.39.